The average Bonchev–Trinajstić information content (AvgIpc) is 2.16. The van der Waals surface area contributed by atoms with Crippen molar-refractivity contribution in [3.05, 3.63) is 24.3 Å². The van der Waals surface area contributed by atoms with Gasteiger partial charge in [0.1, 0.15) is 0 Å². The van der Waals surface area contributed by atoms with E-state index in [0.717, 1.165) is 4.31 Å². The van der Waals surface area contributed by atoms with Crippen molar-refractivity contribution < 1.29 is 13.2 Å². The Morgan fingerprint density at radius 1 is 1.24 bits per heavy atom. The highest BCUT2D eigenvalue weighted by Crippen LogP contribution is 2.19. The molecule has 17 heavy (non-hydrogen) atoms. The maximum Gasteiger partial charge on any atom is 0.266 e. The van der Waals surface area contributed by atoms with Crippen molar-refractivity contribution >= 4 is 21.6 Å². The minimum atomic E-state index is -3.79. The van der Waals surface area contributed by atoms with E-state index in [1.165, 1.54) is 31.2 Å². The van der Waals surface area contributed by atoms with Gasteiger partial charge in [0.15, 0.2) is 0 Å². The third kappa shape index (κ3) is 2.76. The topological polar surface area (TPSA) is 80.5 Å². The second-order valence-electron chi connectivity index (χ2n) is 3.98. The molecule has 0 spiro atoms. The van der Waals surface area contributed by atoms with Crippen molar-refractivity contribution in [2.45, 2.75) is 31.7 Å². The Morgan fingerprint density at radius 2 is 1.71 bits per heavy atom. The molecule has 0 radical (unpaired) electrons. The highest BCUT2D eigenvalue weighted by atomic mass is 32.2. The van der Waals surface area contributed by atoms with Crippen LogP contribution < -0.4 is 5.73 Å². The van der Waals surface area contributed by atoms with Crippen LogP contribution in [0.2, 0.25) is 0 Å². The van der Waals surface area contributed by atoms with E-state index in [2.05, 4.69) is 0 Å². The standard InChI is InChI=1S/C11H16N2O3S/c1-8(2)13(9(3)14)17(15,16)11-6-4-10(12)5-7-11/h4-8H,12H2,1-3H3. The summed E-state index contributed by atoms with van der Waals surface area (Å²) >= 11 is 0. The fourth-order valence-electron chi connectivity index (χ4n) is 1.56. The number of rotatable bonds is 3. The Hall–Kier alpha value is -1.56. The lowest BCUT2D eigenvalue weighted by Gasteiger charge is -2.24. The molecule has 6 heteroatoms. The summed E-state index contributed by atoms with van der Waals surface area (Å²) in [6.07, 6.45) is 0. The fraction of sp³-hybridized carbons (Fsp3) is 0.364. The molecule has 0 saturated heterocycles. The van der Waals surface area contributed by atoms with Gasteiger partial charge in [-0.1, -0.05) is 0 Å². The molecular formula is C11H16N2O3S. The van der Waals surface area contributed by atoms with Gasteiger partial charge in [0.05, 0.1) is 4.90 Å². The minimum absolute atomic E-state index is 0.0654. The summed E-state index contributed by atoms with van der Waals surface area (Å²) in [4.78, 5) is 11.5. The van der Waals surface area contributed by atoms with Crippen LogP contribution in [0.15, 0.2) is 29.2 Å². The van der Waals surface area contributed by atoms with Crippen molar-refractivity contribution in [3.8, 4) is 0 Å². The normalized spacial score (nSPS) is 11.5. The second-order valence-corrected chi connectivity index (χ2v) is 5.80. The molecule has 0 saturated carbocycles. The van der Waals surface area contributed by atoms with Crippen LogP contribution in [-0.2, 0) is 14.8 Å². The first kappa shape index (κ1) is 13.5. The Bertz CT molecular complexity index is 506. The van der Waals surface area contributed by atoms with Gasteiger partial charge in [-0.3, -0.25) is 4.79 Å². The number of hydrogen-bond donors (Lipinski definition) is 1. The molecular weight excluding hydrogens is 240 g/mol. The number of nitrogen functional groups attached to an aromatic ring is 1. The predicted molar refractivity (Wildman–Crippen MR) is 65.7 cm³/mol. The van der Waals surface area contributed by atoms with E-state index < -0.39 is 22.0 Å². The van der Waals surface area contributed by atoms with Crippen molar-refractivity contribution in [3.63, 3.8) is 0 Å². The second kappa shape index (κ2) is 4.75. The lowest BCUT2D eigenvalue weighted by Crippen LogP contribution is -2.40. The van der Waals surface area contributed by atoms with Gasteiger partial charge in [0.25, 0.3) is 10.0 Å². The van der Waals surface area contributed by atoms with Crippen LogP contribution in [0.3, 0.4) is 0 Å². The Balaban J connectivity index is 3.26. The Morgan fingerprint density at radius 3 is 2.06 bits per heavy atom. The number of sulfonamides is 1. The first-order chi connectivity index (χ1) is 7.76. The van der Waals surface area contributed by atoms with E-state index in [0.29, 0.717) is 5.69 Å². The summed E-state index contributed by atoms with van der Waals surface area (Å²) in [7, 11) is -3.79. The molecule has 0 aliphatic heterocycles. The molecule has 0 bridgehead atoms. The third-order valence-corrected chi connectivity index (χ3v) is 4.28. The van der Waals surface area contributed by atoms with Gasteiger partial charge in [0.2, 0.25) is 5.91 Å². The summed E-state index contributed by atoms with van der Waals surface area (Å²) in [6.45, 7) is 4.53. The minimum Gasteiger partial charge on any atom is -0.399 e. The molecule has 5 nitrogen and oxygen atoms in total. The van der Waals surface area contributed by atoms with Crippen LogP contribution in [0.4, 0.5) is 5.69 Å². The number of carbonyl (C=O) groups is 1. The third-order valence-electron chi connectivity index (χ3n) is 2.22. The van der Waals surface area contributed by atoms with E-state index in [-0.39, 0.29) is 4.90 Å². The molecule has 2 N–H and O–H groups in total. The summed E-state index contributed by atoms with van der Waals surface area (Å²) in [5.74, 6) is -0.503. The van der Waals surface area contributed by atoms with Crippen LogP contribution in [0.1, 0.15) is 20.8 Å². The maximum atomic E-state index is 12.2. The molecule has 0 aliphatic rings. The van der Waals surface area contributed by atoms with Crippen LogP contribution in [0.25, 0.3) is 0 Å². The molecule has 0 fully saturated rings. The highest BCUT2D eigenvalue weighted by Gasteiger charge is 2.28. The van der Waals surface area contributed by atoms with Crippen molar-refractivity contribution in [2.24, 2.45) is 0 Å². The zero-order valence-electron chi connectivity index (χ0n) is 10.0. The number of amides is 1. The number of nitrogens with zero attached hydrogens (tertiary/aromatic N) is 1. The quantitative estimate of drug-likeness (QED) is 0.824. The van der Waals surface area contributed by atoms with Gasteiger partial charge in [0, 0.05) is 18.7 Å². The maximum absolute atomic E-state index is 12.2. The molecule has 0 aliphatic carbocycles. The SMILES string of the molecule is CC(=O)N(C(C)C)S(=O)(=O)c1ccc(N)cc1. The van der Waals surface area contributed by atoms with Crippen LogP contribution in [0, 0.1) is 0 Å². The molecule has 1 aromatic rings. The van der Waals surface area contributed by atoms with E-state index in [1.807, 2.05) is 0 Å². The number of nitrogens with two attached hydrogens (primary N) is 1. The fourth-order valence-corrected chi connectivity index (χ4v) is 3.16. The van der Waals surface area contributed by atoms with Crippen LogP contribution >= 0.6 is 0 Å². The first-order valence-electron chi connectivity index (χ1n) is 5.17. The lowest BCUT2D eigenvalue weighted by molar-refractivity contribution is -0.125. The van der Waals surface area contributed by atoms with E-state index in [9.17, 15) is 13.2 Å². The monoisotopic (exact) mass is 256 g/mol. The number of hydrogen-bond acceptors (Lipinski definition) is 4. The number of carbonyl (C=O) groups excluding carboxylic acids is 1. The molecule has 0 aromatic heterocycles. The van der Waals surface area contributed by atoms with Crippen LogP contribution in [0.5, 0.6) is 0 Å². The molecule has 1 rings (SSSR count). The number of anilines is 1. The average molecular weight is 256 g/mol. The zero-order valence-corrected chi connectivity index (χ0v) is 10.9. The smallest absolute Gasteiger partial charge is 0.266 e. The van der Waals surface area contributed by atoms with E-state index >= 15 is 0 Å². The Labute approximate surface area is 101 Å². The van der Waals surface area contributed by atoms with Gasteiger partial charge < -0.3 is 5.73 Å². The van der Waals surface area contributed by atoms with Crippen molar-refractivity contribution in [2.75, 3.05) is 5.73 Å². The summed E-state index contributed by atoms with van der Waals surface area (Å²) in [5.41, 5.74) is 5.97. The molecule has 0 heterocycles. The highest BCUT2D eigenvalue weighted by molar-refractivity contribution is 7.89. The van der Waals surface area contributed by atoms with Gasteiger partial charge in [-0.15, -0.1) is 0 Å². The summed E-state index contributed by atoms with van der Waals surface area (Å²) < 4.78 is 25.2. The van der Waals surface area contributed by atoms with Gasteiger partial charge in [-0.25, -0.2) is 12.7 Å². The summed E-state index contributed by atoms with van der Waals surface area (Å²) in [5, 5.41) is 0. The first-order valence-corrected chi connectivity index (χ1v) is 6.61. The van der Waals surface area contributed by atoms with E-state index in [4.69, 9.17) is 5.73 Å². The van der Waals surface area contributed by atoms with Gasteiger partial charge >= 0.3 is 0 Å². The zero-order chi connectivity index (χ0) is 13.2. The van der Waals surface area contributed by atoms with Crippen molar-refractivity contribution in [1.29, 1.82) is 0 Å². The van der Waals surface area contributed by atoms with E-state index in [1.54, 1.807) is 13.8 Å². The number of benzene rings is 1. The van der Waals surface area contributed by atoms with Gasteiger partial charge in [-0.05, 0) is 38.1 Å². The van der Waals surface area contributed by atoms with Crippen molar-refractivity contribution in [1.82, 2.24) is 4.31 Å². The summed E-state index contributed by atoms with van der Waals surface area (Å²) in [6, 6.07) is 5.35. The lowest BCUT2D eigenvalue weighted by atomic mass is 10.3. The predicted octanol–water partition coefficient (Wildman–Crippen LogP) is 1.21. The molecule has 94 valence electrons. The van der Waals surface area contributed by atoms with Crippen LogP contribution in [-0.4, -0.2) is 24.7 Å². The molecule has 1 amide bonds. The largest absolute Gasteiger partial charge is 0.399 e. The molecule has 0 unspecified atom stereocenters. The molecule has 1 aromatic carbocycles. The van der Waals surface area contributed by atoms with Gasteiger partial charge in [-0.2, -0.15) is 0 Å². The molecule has 0 atom stereocenters. The Kier molecular flexibility index (Phi) is 3.77.